The van der Waals surface area contributed by atoms with Crippen LogP contribution in [0.2, 0.25) is 0 Å². The minimum Gasteiger partial charge on any atom is -0.379 e. The highest BCUT2D eigenvalue weighted by molar-refractivity contribution is 9.10. The first-order chi connectivity index (χ1) is 20.1. The number of nitrogens with zero attached hydrogens (tertiary/aromatic N) is 3. The number of nitro groups is 1. The number of halogens is 1. The van der Waals surface area contributed by atoms with E-state index in [-0.39, 0.29) is 22.0 Å². The number of hydrogen-bond donors (Lipinski definition) is 0. The molecule has 4 aromatic rings. The second-order valence-corrected chi connectivity index (χ2v) is 12.0. The zero-order valence-electron chi connectivity index (χ0n) is 21.4. The number of nitro benzene ring substituents is 1. The number of benzene rings is 4. The number of rotatable bonds is 7. The second-order valence-electron chi connectivity index (χ2n) is 9.51. The molecular formula is C29H20BrN3O8S. The third-order valence-corrected chi connectivity index (χ3v) is 8.74. The van der Waals surface area contributed by atoms with Gasteiger partial charge in [0.1, 0.15) is 16.6 Å². The number of non-ortho nitro benzene ring substituents is 1. The van der Waals surface area contributed by atoms with Crippen molar-refractivity contribution in [2.45, 2.75) is 17.0 Å². The van der Waals surface area contributed by atoms with E-state index in [0.29, 0.717) is 11.3 Å². The number of carbonyl (C=O) groups excluding carboxylic acids is 2. The molecule has 2 saturated heterocycles. The number of anilines is 2. The molecule has 0 radical (unpaired) electrons. The van der Waals surface area contributed by atoms with Crippen molar-refractivity contribution in [3.8, 4) is 5.75 Å². The fraction of sp³-hybridized carbons (Fsp3) is 0.103. The highest BCUT2D eigenvalue weighted by atomic mass is 79.9. The van der Waals surface area contributed by atoms with Gasteiger partial charge in [-0.3, -0.25) is 24.5 Å². The lowest BCUT2D eigenvalue weighted by molar-refractivity contribution is -0.384. The Kier molecular flexibility index (Phi) is 7.01. The van der Waals surface area contributed by atoms with Crippen LogP contribution in [-0.2, 0) is 24.5 Å². The molecule has 6 rings (SSSR count). The number of imide groups is 1. The largest absolute Gasteiger partial charge is 0.379 e. The predicted octanol–water partition coefficient (Wildman–Crippen LogP) is 5.18. The van der Waals surface area contributed by atoms with E-state index in [2.05, 4.69) is 15.9 Å². The lowest BCUT2D eigenvalue weighted by Crippen LogP contribution is -2.37. The van der Waals surface area contributed by atoms with E-state index in [0.717, 1.165) is 9.37 Å². The zero-order valence-corrected chi connectivity index (χ0v) is 23.8. The van der Waals surface area contributed by atoms with Gasteiger partial charge in [-0.15, -0.1) is 0 Å². The Labute approximate surface area is 248 Å². The van der Waals surface area contributed by atoms with E-state index >= 15 is 0 Å². The second kappa shape index (κ2) is 10.7. The molecule has 0 N–H and O–H groups in total. The van der Waals surface area contributed by atoms with Gasteiger partial charge in [0.25, 0.3) is 11.6 Å². The van der Waals surface area contributed by atoms with Crippen LogP contribution in [0.4, 0.5) is 17.1 Å². The Bertz CT molecular complexity index is 1800. The number of hydrogen-bond acceptors (Lipinski definition) is 9. The van der Waals surface area contributed by atoms with Gasteiger partial charge in [-0.1, -0.05) is 52.3 Å². The summed E-state index contributed by atoms with van der Waals surface area (Å²) in [6.45, 7) is 0. The number of fused-ring (bicyclic) bond motifs is 1. The van der Waals surface area contributed by atoms with Crippen LogP contribution in [0.1, 0.15) is 11.6 Å². The molecular weight excluding hydrogens is 630 g/mol. The molecule has 0 saturated carbocycles. The third-order valence-electron chi connectivity index (χ3n) is 6.95. The van der Waals surface area contributed by atoms with Crippen LogP contribution in [-0.4, -0.2) is 31.3 Å². The maximum absolute atomic E-state index is 13.8. The molecule has 0 aliphatic carbocycles. The normalized spacial score (nSPS) is 20.1. The highest BCUT2D eigenvalue weighted by Gasteiger charge is 2.60. The Balaban J connectivity index is 1.37. The van der Waals surface area contributed by atoms with E-state index < -0.39 is 44.9 Å². The van der Waals surface area contributed by atoms with Gasteiger partial charge in [-0.05, 0) is 60.2 Å². The van der Waals surface area contributed by atoms with Crippen LogP contribution in [0.3, 0.4) is 0 Å². The molecule has 0 bridgehead atoms. The Morgan fingerprint density at radius 1 is 0.833 bits per heavy atom. The van der Waals surface area contributed by atoms with E-state index in [4.69, 9.17) is 9.02 Å². The van der Waals surface area contributed by atoms with Crippen molar-refractivity contribution in [2.75, 3.05) is 9.96 Å². The summed E-state index contributed by atoms with van der Waals surface area (Å²) in [5.74, 6) is -2.04. The van der Waals surface area contributed by atoms with Crippen LogP contribution >= 0.6 is 15.9 Å². The SMILES string of the molecule is O=C1[C@H]2[C@@H](c3ccc(OS(=O)(=O)c4ccccc4)cc3)N(c3cccc([N+](=O)[O-])c3)O[C@H]2C(=O)N1c1ccc(Br)cc1. The maximum Gasteiger partial charge on any atom is 0.339 e. The number of hydroxylamine groups is 1. The van der Waals surface area contributed by atoms with Crippen molar-refractivity contribution in [1.29, 1.82) is 0 Å². The molecule has 11 nitrogen and oxygen atoms in total. The first-order valence-electron chi connectivity index (χ1n) is 12.6. The molecule has 0 spiro atoms. The average molecular weight is 650 g/mol. The number of carbonyl (C=O) groups is 2. The van der Waals surface area contributed by atoms with Crippen molar-refractivity contribution < 1.29 is 32.0 Å². The van der Waals surface area contributed by atoms with Crippen molar-refractivity contribution in [3.05, 3.63) is 123 Å². The molecule has 0 unspecified atom stereocenters. The molecule has 2 fully saturated rings. The molecule has 42 heavy (non-hydrogen) atoms. The van der Waals surface area contributed by atoms with Gasteiger partial charge in [-0.2, -0.15) is 8.42 Å². The average Bonchev–Trinajstić information content (AvgIpc) is 3.50. The fourth-order valence-corrected chi connectivity index (χ4v) is 6.26. The van der Waals surface area contributed by atoms with Gasteiger partial charge in [-0.25, -0.2) is 9.96 Å². The van der Waals surface area contributed by atoms with Crippen LogP contribution < -0.4 is 14.1 Å². The van der Waals surface area contributed by atoms with Crippen LogP contribution in [0, 0.1) is 16.0 Å². The third kappa shape index (κ3) is 4.91. The van der Waals surface area contributed by atoms with Crippen molar-refractivity contribution in [2.24, 2.45) is 5.92 Å². The first-order valence-corrected chi connectivity index (χ1v) is 14.8. The summed E-state index contributed by atoms with van der Waals surface area (Å²) in [4.78, 5) is 45.3. The topological polar surface area (TPSA) is 136 Å². The summed E-state index contributed by atoms with van der Waals surface area (Å²) in [6.07, 6.45) is -1.19. The summed E-state index contributed by atoms with van der Waals surface area (Å²) >= 11 is 3.34. The monoisotopic (exact) mass is 649 g/mol. The van der Waals surface area contributed by atoms with Gasteiger partial charge in [0.05, 0.1) is 22.3 Å². The minimum absolute atomic E-state index is 0.0129. The van der Waals surface area contributed by atoms with E-state index in [9.17, 15) is 28.1 Å². The van der Waals surface area contributed by atoms with Gasteiger partial charge < -0.3 is 4.18 Å². The summed E-state index contributed by atoms with van der Waals surface area (Å²) in [6, 6.07) is 25.1. The molecule has 2 aliphatic heterocycles. The summed E-state index contributed by atoms with van der Waals surface area (Å²) in [7, 11) is -4.09. The minimum atomic E-state index is -4.09. The van der Waals surface area contributed by atoms with Crippen molar-refractivity contribution in [3.63, 3.8) is 0 Å². The van der Waals surface area contributed by atoms with Crippen LogP contribution in [0.25, 0.3) is 0 Å². The van der Waals surface area contributed by atoms with Crippen LogP contribution in [0.5, 0.6) is 5.75 Å². The summed E-state index contributed by atoms with van der Waals surface area (Å²) < 4.78 is 31.4. The number of amides is 2. The molecule has 2 aliphatic rings. The maximum atomic E-state index is 13.8. The predicted molar refractivity (Wildman–Crippen MR) is 154 cm³/mol. The van der Waals surface area contributed by atoms with Gasteiger partial charge in [0.2, 0.25) is 5.91 Å². The quantitative estimate of drug-likeness (QED) is 0.115. The van der Waals surface area contributed by atoms with E-state index in [1.165, 1.54) is 47.5 Å². The highest BCUT2D eigenvalue weighted by Crippen LogP contribution is 2.48. The van der Waals surface area contributed by atoms with Crippen molar-refractivity contribution >= 4 is 54.9 Å². The molecule has 13 heteroatoms. The Hall–Kier alpha value is -4.59. The van der Waals surface area contributed by atoms with Crippen molar-refractivity contribution in [1.82, 2.24) is 0 Å². The standard InChI is InChI=1S/C29H20BrN3O8S/c30-19-11-13-20(14-12-19)31-28(34)25-26(32(40-27(25)29(31)35)21-5-4-6-22(17-21)33(36)37)18-9-15-23(16-10-18)41-42(38,39)24-7-2-1-3-8-24/h1-17,25-27H/t25-,26+,27+/m0/s1. The molecule has 212 valence electrons. The molecule has 2 heterocycles. The molecule has 0 aromatic heterocycles. The van der Waals surface area contributed by atoms with Gasteiger partial charge in [0.15, 0.2) is 6.10 Å². The van der Waals surface area contributed by atoms with Gasteiger partial charge >= 0.3 is 10.1 Å². The fourth-order valence-electron chi connectivity index (χ4n) is 5.05. The Morgan fingerprint density at radius 2 is 1.52 bits per heavy atom. The molecule has 4 aromatic carbocycles. The smallest absolute Gasteiger partial charge is 0.339 e. The first kappa shape index (κ1) is 27.6. The van der Waals surface area contributed by atoms with E-state index in [1.807, 2.05) is 0 Å². The van der Waals surface area contributed by atoms with Gasteiger partial charge in [0, 0.05) is 16.6 Å². The molecule has 2 amide bonds. The van der Waals surface area contributed by atoms with Crippen LogP contribution in [0.15, 0.2) is 112 Å². The Morgan fingerprint density at radius 3 is 2.19 bits per heavy atom. The lowest BCUT2D eigenvalue weighted by Gasteiger charge is -2.28. The summed E-state index contributed by atoms with van der Waals surface area (Å²) in [5, 5.41) is 12.8. The molecule has 3 atom stereocenters. The lowest BCUT2D eigenvalue weighted by atomic mass is 9.90. The summed E-state index contributed by atoms with van der Waals surface area (Å²) in [5.41, 5.74) is 0.946. The zero-order chi connectivity index (χ0) is 29.6. The van der Waals surface area contributed by atoms with E-state index in [1.54, 1.807) is 60.7 Å².